The number of sulfonamides is 1. The predicted octanol–water partition coefficient (Wildman–Crippen LogP) is 2.49. The molecule has 2 rings (SSSR count). The van der Waals surface area contributed by atoms with Crippen LogP contribution in [0.1, 0.15) is 46.8 Å². The summed E-state index contributed by atoms with van der Waals surface area (Å²) in [4.78, 5) is 0. The van der Waals surface area contributed by atoms with Gasteiger partial charge in [-0.05, 0) is 50.7 Å². The van der Waals surface area contributed by atoms with Crippen LogP contribution in [0.4, 0.5) is 0 Å². The quantitative estimate of drug-likeness (QED) is 0.846. The summed E-state index contributed by atoms with van der Waals surface area (Å²) in [5.74, 6) is 1.04. The molecule has 0 bridgehead atoms. The van der Waals surface area contributed by atoms with Crippen molar-refractivity contribution in [2.45, 2.75) is 58.2 Å². The highest BCUT2D eigenvalue weighted by Crippen LogP contribution is 2.51. The lowest BCUT2D eigenvalue weighted by molar-refractivity contribution is 0.359. The molecule has 0 aliphatic heterocycles. The highest BCUT2D eigenvalue weighted by Gasteiger charge is 2.45. The highest BCUT2D eigenvalue weighted by atomic mass is 32.2. The van der Waals surface area contributed by atoms with Gasteiger partial charge in [-0.3, -0.25) is 0 Å². The van der Waals surface area contributed by atoms with Crippen LogP contribution in [0.3, 0.4) is 0 Å². The fraction of sp³-hybridized carbons (Fsp3) is 0.733. The maximum atomic E-state index is 12.2. The van der Waals surface area contributed by atoms with Crippen LogP contribution < -0.4 is 10.0 Å². The molecule has 1 aromatic heterocycles. The Morgan fingerprint density at radius 2 is 1.95 bits per heavy atom. The van der Waals surface area contributed by atoms with Gasteiger partial charge in [0.1, 0.15) is 5.76 Å². The third-order valence-corrected chi connectivity index (χ3v) is 5.23. The summed E-state index contributed by atoms with van der Waals surface area (Å²) in [5, 5.41) is 3.26. The molecule has 1 heterocycles. The molecule has 0 amide bonds. The number of hydrogen-bond acceptors (Lipinski definition) is 4. The van der Waals surface area contributed by atoms with Gasteiger partial charge in [0.05, 0.1) is 6.54 Å². The van der Waals surface area contributed by atoms with Crippen molar-refractivity contribution in [3.8, 4) is 0 Å². The standard InChI is InChI=1S/C15H26N2O3S/c1-14(2,3)16-10-12-6-7-13(20-12)21(18,19)17-9-11-8-15(11,4)5/h6-7,11,16-17H,8-10H2,1-5H3. The second-order valence-electron chi connectivity index (χ2n) is 7.57. The van der Waals surface area contributed by atoms with Crippen LogP contribution in [-0.4, -0.2) is 20.5 Å². The summed E-state index contributed by atoms with van der Waals surface area (Å²) in [5.41, 5.74) is 0.217. The Kier molecular flexibility index (Phi) is 4.26. The molecule has 2 N–H and O–H groups in total. The second kappa shape index (κ2) is 5.41. The third-order valence-electron chi connectivity index (χ3n) is 3.93. The van der Waals surface area contributed by atoms with Crippen LogP contribution in [0.5, 0.6) is 0 Å². The van der Waals surface area contributed by atoms with Gasteiger partial charge < -0.3 is 9.73 Å². The van der Waals surface area contributed by atoms with Crippen LogP contribution in [0, 0.1) is 11.3 Å². The Hall–Kier alpha value is -0.850. The average molecular weight is 314 g/mol. The van der Waals surface area contributed by atoms with E-state index in [9.17, 15) is 8.42 Å². The largest absolute Gasteiger partial charge is 0.447 e. The number of hydrogen-bond donors (Lipinski definition) is 2. The van der Waals surface area contributed by atoms with Gasteiger partial charge in [-0.2, -0.15) is 0 Å². The second-order valence-corrected chi connectivity index (χ2v) is 9.26. The van der Waals surface area contributed by atoms with Gasteiger partial charge in [0, 0.05) is 12.1 Å². The molecule has 0 spiro atoms. The first kappa shape index (κ1) is 16.5. The first-order valence-corrected chi connectivity index (χ1v) is 8.81. The van der Waals surface area contributed by atoms with E-state index in [1.165, 1.54) is 6.07 Å². The first-order chi connectivity index (χ1) is 9.50. The molecule has 1 atom stereocenters. The molecular weight excluding hydrogens is 288 g/mol. The van der Waals surface area contributed by atoms with Crippen LogP contribution in [0.15, 0.2) is 21.6 Å². The Morgan fingerprint density at radius 1 is 1.33 bits per heavy atom. The third kappa shape index (κ3) is 4.56. The molecule has 1 saturated carbocycles. The smallest absolute Gasteiger partial charge is 0.273 e. The van der Waals surface area contributed by atoms with E-state index < -0.39 is 10.0 Å². The van der Waals surface area contributed by atoms with Crippen molar-refractivity contribution in [1.82, 2.24) is 10.0 Å². The Labute approximate surface area is 127 Å². The molecule has 1 aromatic rings. The van der Waals surface area contributed by atoms with Gasteiger partial charge >= 0.3 is 0 Å². The van der Waals surface area contributed by atoms with Gasteiger partial charge in [-0.25, -0.2) is 13.1 Å². The van der Waals surface area contributed by atoms with Crippen LogP contribution in [0.2, 0.25) is 0 Å². The van der Waals surface area contributed by atoms with Crippen molar-refractivity contribution >= 4 is 10.0 Å². The highest BCUT2D eigenvalue weighted by molar-refractivity contribution is 7.89. The van der Waals surface area contributed by atoms with E-state index in [4.69, 9.17) is 4.42 Å². The summed E-state index contributed by atoms with van der Waals surface area (Å²) in [6.07, 6.45) is 1.06. The predicted molar refractivity (Wildman–Crippen MR) is 82.4 cm³/mol. The summed E-state index contributed by atoms with van der Waals surface area (Å²) in [6, 6.07) is 3.22. The SMILES string of the molecule is CC(C)(C)NCc1ccc(S(=O)(=O)NCC2CC2(C)C)o1. The number of furan rings is 1. The molecule has 120 valence electrons. The van der Waals surface area contributed by atoms with Crippen molar-refractivity contribution in [3.05, 3.63) is 17.9 Å². The molecule has 6 heteroatoms. The summed E-state index contributed by atoms with van der Waals surface area (Å²) in [6.45, 7) is 11.4. The van der Waals surface area contributed by atoms with Crippen molar-refractivity contribution in [1.29, 1.82) is 0 Å². The first-order valence-electron chi connectivity index (χ1n) is 7.33. The molecule has 1 fully saturated rings. The zero-order chi connectivity index (χ0) is 15.9. The molecule has 1 aliphatic rings. The van der Waals surface area contributed by atoms with Gasteiger partial charge in [-0.15, -0.1) is 0 Å². The van der Waals surface area contributed by atoms with Crippen molar-refractivity contribution < 1.29 is 12.8 Å². The topological polar surface area (TPSA) is 71.3 Å². The fourth-order valence-electron chi connectivity index (χ4n) is 2.16. The van der Waals surface area contributed by atoms with Crippen molar-refractivity contribution in [3.63, 3.8) is 0 Å². The lowest BCUT2D eigenvalue weighted by Crippen LogP contribution is -2.34. The zero-order valence-corrected chi connectivity index (χ0v) is 14.3. The maximum Gasteiger partial charge on any atom is 0.273 e. The lowest BCUT2D eigenvalue weighted by Gasteiger charge is -2.19. The van der Waals surface area contributed by atoms with Gasteiger partial charge in [0.2, 0.25) is 5.09 Å². The van der Waals surface area contributed by atoms with Gasteiger partial charge in [0.25, 0.3) is 10.0 Å². The monoisotopic (exact) mass is 314 g/mol. The van der Waals surface area contributed by atoms with E-state index >= 15 is 0 Å². The van der Waals surface area contributed by atoms with E-state index in [2.05, 4.69) is 23.9 Å². The normalized spacial score (nSPS) is 21.5. The van der Waals surface area contributed by atoms with Crippen LogP contribution >= 0.6 is 0 Å². The maximum absolute atomic E-state index is 12.2. The summed E-state index contributed by atoms with van der Waals surface area (Å²) in [7, 11) is -3.54. The zero-order valence-electron chi connectivity index (χ0n) is 13.5. The van der Waals surface area contributed by atoms with Crippen LogP contribution in [0.25, 0.3) is 0 Å². The lowest BCUT2D eigenvalue weighted by atomic mass is 10.1. The molecule has 0 radical (unpaired) electrons. The summed E-state index contributed by atoms with van der Waals surface area (Å²) < 4.78 is 32.4. The Bertz CT molecular complexity index is 597. The van der Waals surface area contributed by atoms with E-state index in [0.717, 1.165) is 6.42 Å². The van der Waals surface area contributed by atoms with Crippen molar-refractivity contribution in [2.75, 3.05) is 6.54 Å². The van der Waals surface area contributed by atoms with E-state index in [-0.39, 0.29) is 16.0 Å². The molecule has 0 saturated heterocycles. The van der Waals surface area contributed by atoms with Crippen LogP contribution in [-0.2, 0) is 16.6 Å². The molecule has 1 unspecified atom stereocenters. The minimum absolute atomic E-state index is 0.00772. The molecule has 0 aromatic carbocycles. The van der Waals surface area contributed by atoms with E-state index in [1.807, 2.05) is 20.8 Å². The molecule has 21 heavy (non-hydrogen) atoms. The number of nitrogens with one attached hydrogen (secondary N) is 2. The molecule has 1 aliphatic carbocycles. The van der Waals surface area contributed by atoms with Gasteiger partial charge in [0.15, 0.2) is 0 Å². The van der Waals surface area contributed by atoms with E-state index in [1.54, 1.807) is 6.07 Å². The van der Waals surface area contributed by atoms with Gasteiger partial charge in [-0.1, -0.05) is 13.8 Å². The molecular formula is C15H26N2O3S. The Balaban J connectivity index is 1.93. The molecule has 5 nitrogen and oxygen atoms in total. The van der Waals surface area contributed by atoms with E-state index in [0.29, 0.717) is 24.8 Å². The summed E-state index contributed by atoms with van der Waals surface area (Å²) >= 11 is 0. The fourth-order valence-corrected chi connectivity index (χ4v) is 3.18. The average Bonchev–Trinajstić information content (AvgIpc) is 2.76. The Morgan fingerprint density at radius 3 is 2.48 bits per heavy atom. The number of rotatable bonds is 6. The minimum atomic E-state index is -3.54. The minimum Gasteiger partial charge on any atom is -0.447 e. The van der Waals surface area contributed by atoms with Crippen molar-refractivity contribution in [2.24, 2.45) is 11.3 Å².